The van der Waals surface area contributed by atoms with Gasteiger partial charge in [-0.3, -0.25) is 0 Å². The van der Waals surface area contributed by atoms with Gasteiger partial charge in [-0.05, 0) is 35.5 Å². The molecule has 0 heterocycles. The molecule has 1 aliphatic carbocycles. The summed E-state index contributed by atoms with van der Waals surface area (Å²) in [6.07, 6.45) is 2.77. The van der Waals surface area contributed by atoms with Crippen LogP contribution in [0.5, 0.6) is 0 Å². The van der Waals surface area contributed by atoms with Crippen molar-refractivity contribution in [3.05, 3.63) is 0 Å². The molecule has 2 atom stereocenters. The number of rotatable bonds is 5. The standard InChI is InChI=1S/C14H28/c1-7-11(8-2)14-12(9(3)4)13(14)10(5)6/h9-14H,7-8H2,1-6H3. The van der Waals surface area contributed by atoms with Crippen LogP contribution in [0.1, 0.15) is 54.4 Å². The van der Waals surface area contributed by atoms with E-state index in [1.165, 1.54) is 12.8 Å². The first-order valence-electron chi connectivity index (χ1n) is 6.54. The maximum absolute atomic E-state index is 2.41. The zero-order valence-electron chi connectivity index (χ0n) is 10.9. The largest absolute Gasteiger partial charge is 0.0651 e. The van der Waals surface area contributed by atoms with Crippen molar-refractivity contribution in [2.24, 2.45) is 35.5 Å². The van der Waals surface area contributed by atoms with E-state index in [1.54, 1.807) is 0 Å². The van der Waals surface area contributed by atoms with Crippen molar-refractivity contribution in [1.82, 2.24) is 0 Å². The molecule has 0 amide bonds. The second kappa shape index (κ2) is 4.68. The van der Waals surface area contributed by atoms with E-state index in [9.17, 15) is 0 Å². The molecule has 84 valence electrons. The van der Waals surface area contributed by atoms with E-state index < -0.39 is 0 Å². The summed E-state index contributed by atoms with van der Waals surface area (Å²) in [6.45, 7) is 14.3. The molecule has 0 aromatic rings. The van der Waals surface area contributed by atoms with Gasteiger partial charge in [0.2, 0.25) is 0 Å². The zero-order valence-corrected chi connectivity index (χ0v) is 10.9. The summed E-state index contributed by atoms with van der Waals surface area (Å²) in [4.78, 5) is 0. The Bertz CT molecular complexity index is 151. The van der Waals surface area contributed by atoms with Gasteiger partial charge in [-0.15, -0.1) is 0 Å². The highest BCUT2D eigenvalue weighted by molar-refractivity contribution is 5.02. The van der Waals surface area contributed by atoms with Crippen LogP contribution in [0.3, 0.4) is 0 Å². The van der Waals surface area contributed by atoms with Gasteiger partial charge >= 0.3 is 0 Å². The Hall–Kier alpha value is 0. The molecule has 0 aromatic carbocycles. The Kier molecular flexibility index (Phi) is 4.04. The summed E-state index contributed by atoms with van der Waals surface area (Å²) < 4.78 is 0. The van der Waals surface area contributed by atoms with Gasteiger partial charge in [-0.2, -0.15) is 0 Å². The van der Waals surface area contributed by atoms with Crippen LogP contribution in [0.4, 0.5) is 0 Å². The average Bonchev–Trinajstić information content (AvgIpc) is 2.82. The van der Waals surface area contributed by atoms with Crippen molar-refractivity contribution in [2.75, 3.05) is 0 Å². The van der Waals surface area contributed by atoms with Gasteiger partial charge < -0.3 is 0 Å². The van der Waals surface area contributed by atoms with E-state index in [0.29, 0.717) is 0 Å². The third kappa shape index (κ3) is 2.15. The molecule has 0 bridgehead atoms. The highest BCUT2D eigenvalue weighted by atomic mass is 14.6. The minimum Gasteiger partial charge on any atom is -0.0651 e. The number of hydrogen-bond acceptors (Lipinski definition) is 0. The molecule has 1 fully saturated rings. The summed E-state index contributed by atoms with van der Waals surface area (Å²) in [5.41, 5.74) is 0. The molecule has 0 N–H and O–H groups in total. The molecule has 0 saturated heterocycles. The van der Waals surface area contributed by atoms with Crippen LogP contribution in [0.15, 0.2) is 0 Å². The van der Waals surface area contributed by atoms with E-state index >= 15 is 0 Å². The van der Waals surface area contributed by atoms with Crippen LogP contribution in [-0.2, 0) is 0 Å². The molecule has 2 unspecified atom stereocenters. The van der Waals surface area contributed by atoms with E-state index in [4.69, 9.17) is 0 Å². The second-order valence-corrected chi connectivity index (χ2v) is 5.80. The molecule has 0 aromatic heterocycles. The highest BCUT2D eigenvalue weighted by Gasteiger charge is 2.54. The fourth-order valence-electron chi connectivity index (χ4n) is 3.62. The van der Waals surface area contributed by atoms with Crippen molar-refractivity contribution in [3.63, 3.8) is 0 Å². The van der Waals surface area contributed by atoms with Crippen LogP contribution >= 0.6 is 0 Å². The summed E-state index contributed by atoms with van der Waals surface area (Å²) in [5.74, 6) is 5.89. The predicted molar refractivity (Wildman–Crippen MR) is 64.2 cm³/mol. The van der Waals surface area contributed by atoms with Crippen LogP contribution < -0.4 is 0 Å². The topological polar surface area (TPSA) is 0 Å². The Balaban J connectivity index is 2.61. The molecule has 1 saturated carbocycles. The van der Waals surface area contributed by atoms with Crippen LogP contribution in [0.2, 0.25) is 0 Å². The van der Waals surface area contributed by atoms with Crippen molar-refractivity contribution < 1.29 is 0 Å². The van der Waals surface area contributed by atoms with Gasteiger partial charge in [0.25, 0.3) is 0 Å². The Labute approximate surface area is 90.5 Å². The summed E-state index contributed by atoms with van der Waals surface area (Å²) >= 11 is 0. The zero-order chi connectivity index (χ0) is 10.9. The normalized spacial score (nSPS) is 31.9. The summed E-state index contributed by atoms with van der Waals surface area (Å²) in [6, 6.07) is 0. The Morgan fingerprint density at radius 1 is 0.714 bits per heavy atom. The lowest BCUT2D eigenvalue weighted by Crippen LogP contribution is -2.04. The van der Waals surface area contributed by atoms with Gasteiger partial charge in [-0.25, -0.2) is 0 Å². The SMILES string of the molecule is CCC(CC)C1C(C(C)C)C1C(C)C. The molecule has 1 aliphatic rings. The number of hydrogen-bond donors (Lipinski definition) is 0. The molecule has 0 radical (unpaired) electrons. The highest BCUT2D eigenvalue weighted by Crippen LogP contribution is 2.59. The molecular weight excluding hydrogens is 168 g/mol. The molecular formula is C14H28. The second-order valence-electron chi connectivity index (χ2n) is 5.80. The predicted octanol–water partition coefficient (Wildman–Crippen LogP) is 4.60. The van der Waals surface area contributed by atoms with Gasteiger partial charge in [0.1, 0.15) is 0 Å². The first kappa shape index (κ1) is 12.1. The minimum atomic E-state index is 0.896. The van der Waals surface area contributed by atoms with E-state index in [2.05, 4.69) is 41.5 Å². The molecule has 0 spiro atoms. The third-order valence-electron chi connectivity index (χ3n) is 4.33. The molecule has 14 heavy (non-hydrogen) atoms. The van der Waals surface area contributed by atoms with Crippen molar-refractivity contribution >= 4 is 0 Å². The van der Waals surface area contributed by atoms with E-state index in [1.807, 2.05) is 0 Å². The van der Waals surface area contributed by atoms with Gasteiger partial charge in [-0.1, -0.05) is 54.4 Å². The fourth-order valence-corrected chi connectivity index (χ4v) is 3.62. The summed E-state index contributed by atoms with van der Waals surface area (Å²) in [5, 5.41) is 0. The maximum Gasteiger partial charge on any atom is -0.0319 e. The van der Waals surface area contributed by atoms with E-state index in [-0.39, 0.29) is 0 Å². The monoisotopic (exact) mass is 196 g/mol. The molecule has 0 heteroatoms. The van der Waals surface area contributed by atoms with Crippen LogP contribution in [-0.4, -0.2) is 0 Å². The Morgan fingerprint density at radius 2 is 1.07 bits per heavy atom. The lowest BCUT2D eigenvalue weighted by atomic mass is 9.92. The lowest BCUT2D eigenvalue weighted by Gasteiger charge is -2.13. The lowest BCUT2D eigenvalue weighted by molar-refractivity contribution is 0.367. The summed E-state index contributed by atoms with van der Waals surface area (Å²) in [7, 11) is 0. The van der Waals surface area contributed by atoms with Crippen molar-refractivity contribution in [3.8, 4) is 0 Å². The maximum atomic E-state index is 2.41. The first-order chi connectivity index (χ1) is 6.54. The Morgan fingerprint density at radius 3 is 1.29 bits per heavy atom. The average molecular weight is 196 g/mol. The van der Waals surface area contributed by atoms with Gasteiger partial charge in [0.15, 0.2) is 0 Å². The molecule has 1 rings (SSSR count). The molecule has 0 aliphatic heterocycles. The third-order valence-corrected chi connectivity index (χ3v) is 4.33. The minimum absolute atomic E-state index is 0.896. The quantitative estimate of drug-likeness (QED) is 0.603. The van der Waals surface area contributed by atoms with Crippen molar-refractivity contribution in [2.45, 2.75) is 54.4 Å². The van der Waals surface area contributed by atoms with Gasteiger partial charge in [0, 0.05) is 0 Å². The fraction of sp³-hybridized carbons (Fsp3) is 1.00. The first-order valence-corrected chi connectivity index (χ1v) is 6.54. The van der Waals surface area contributed by atoms with Gasteiger partial charge in [0.05, 0.1) is 0 Å². The molecule has 0 nitrogen and oxygen atoms in total. The van der Waals surface area contributed by atoms with Crippen LogP contribution in [0, 0.1) is 35.5 Å². The smallest absolute Gasteiger partial charge is 0.0319 e. The van der Waals surface area contributed by atoms with Crippen LogP contribution in [0.25, 0.3) is 0 Å². The van der Waals surface area contributed by atoms with Crippen molar-refractivity contribution in [1.29, 1.82) is 0 Å². The van der Waals surface area contributed by atoms with E-state index in [0.717, 1.165) is 35.5 Å².